The summed E-state index contributed by atoms with van der Waals surface area (Å²) in [5.74, 6) is 0.869. The first-order valence-corrected chi connectivity index (χ1v) is 10.4. The molecule has 3 nitrogen and oxygen atoms in total. The highest BCUT2D eigenvalue weighted by Crippen LogP contribution is 2.48. The van der Waals surface area contributed by atoms with Gasteiger partial charge in [-0.1, -0.05) is 59.1 Å². The van der Waals surface area contributed by atoms with Crippen LogP contribution in [0.15, 0.2) is 65.8 Å². The fourth-order valence-corrected chi connectivity index (χ4v) is 4.49. The summed E-state index contributed by atoms with van der Waals surface area (Å²) in [4.78, 5) is 0. The Bertz CT molecular complexity index is 1120. The van der Waals surface area contributed by atoms with Crippen molar-refractivity contribution >= 4 is 28.9 Å². The van der Waals surface area contributed by atoms with Gasteiger partial charge in [0.2, 0.25) is 6.23 Å². The number of rotatable bonds is 2. The molecule has 3 aromatic rings. The van der Waals surface area contributed by atoms with Gasteiger partial charge in [0.15, 0.2) is 0 Å². The Morgan fingerprint density at radius 2 is 1.66 bits per heavy atom. The van der Waals surface area contributed by atoms with Gasteiger partial charge in [-0.15, -0.1) is 0 Å². The lowest BCUT2D eigenvalue weighted by atomic mass is 9.95. The van der Waals surface area contributed by atoms with Crippen molar-refractivity contribution in [1.29, 1.82) is 0 Å². The third kappa shape index (κ3) is 3.29. The zero-order chi connectivity index (χ0) is 20.1. The molecule has 0 bridgehead atoms. The molecule has 3 aromatic carbocycles. The lowest BCUT2D eigenvalue weighted by Crippen LogP contribution is -2.34. The van der Waals surface area contributed by atoms with Gasteiger partial charge in [0.25, 0.3) is 0 Å². The number of aryl methyl sites for hydroxylation is 2. The van der Waals surface area contributed by atoms with Gasteiger partial charge in [-0.3, -0.25) is 0 Å². The van der Waals surface area contributed by atoms with Crippen molar-refractivity contribution in [3.8, 4) is 5.75 Å². The molecule has 0 radical (unpaired) electrons. The highest BCUT2D eigenvalue weighted by Gasteiger charge is 2.41. The Hall–Kier alpha value is -2.49. The van der Waals surface area contributed by atoms with Crippen LogP contribution < -0.4 is 4.74 Å². The van der Waals surface area contributed by atoms with E-state index in [0.29, 0.717) is 5.02 Å². The van der Waals surface area contributed by atoms with Gasteiger partial charge in [0, 0.05) is 27.6 Å². The minimum Gasteiger partial charge on any atom is -0.464 e. The van der Waals surface area contributed by atoms with Gasteiger partial charge in [-0.2, -0.15) is 5.10 Å². The minimum absolute atomic E-state index is 0.0776. The van der Waals surface area contributed by atoms with Crippen LogP contribution in [0.2, 0.25) is 10.0 Å². The summed E-state index contributed by atoms with van der Waals surface area (Å²) in [6.07, 6.45) is 0.513. The molecular weight excluding hydrogens is 403 g/mol. The van der Waals surface area contributed by atoms with Crippen LogP contribution in [-0.2, 0) is 0 Å². The first kappa shape index (κ1) is 18.5. The molecule has 0 aromatic heterocycles. The fourth-order valence-electron chi connectivity index (χ4n) is 4.18. The molecule has 0 unspecified atom stereocenters. The molecule has 0 amide bonds. The van der Waals surface area contributed by atoms with Gasteiger partial charge in [-0.25, -0.2) is 5.01 Å². The minimum atomic E-state index is -0.279. The lowest BCUT2D eigenvalue weighted by molar-refractivity contribution is -0.0194. The van der Waals surface area contributed by atoms with E-state index in [0.717, 1.165) is 39.6 Å². The van der Waals surface area contributed by atoms with Crippen LogP contribution >= 0.6 is 23.2 Å². The molecule has 29 heavy (non-hydrogen) atoms. The Kier molecular flexibility index (Phi) is 4.53. The predicted octanol–water partition coefficient (Wildman–Crippen LogP) is 6.85. The maximum atomic E-state index is 6.45. The summed E-state index contributed by atoms with van der Waals surface area (Å²) in [5.41, 5.74) is 6.73. The average Bonchev–Trinajstić information content (AvgIpc) is 3.14. The molecule has 2 atom stereocenters. The lowest BCUT2D eigenvalue weighted by Gasteiger charge is -2.38. The van der Waals surface area contributed by atoms with E-state index in [9.17, 15) is 0 Å². The largest absolute Gasteiger partial charge is 0.464 e. The molecule has 0 saturated heterocycles. The molecule has 5 rings (SSSR count). The number of fused-ring (bicyclic) bond motifs is 3. The number of benzene rings is 3. The molecule has 0 saturated carbocycles. The highest BCUT2D eigenvalue weighted by atomic mass is 35.5. The molecule has 5 heteroatoms. The first-order chi connectivity index (χ1) is 14.0. The molecule has 0 aliphatic carbocycles. The quantitative estimate of drug-likeness (QED) is 0.450. The average molecular weight is 423 g/mol. The second kappa shape index (κ2) is 7.08. The van der Waals surface area contributed by atoms with Crippen molar-refractivity contribution in [3.63, 3.8) is 0 Å². The maximum absolute atomic E-state index is 6.45. The van der Waals surface area contributed by atoms with Crippen LogP contribution in [0.5, 0.6) is 5.75 Å². The van der Waals surface area contributed by atoms with E-state index in [1.807, 2.05) is 42.5 Å². The van der Waals surface area contributed by atoms with E-state index in [2.05, 4.69) is 37.1 Å². The van der Waals surface area contributed by atoms with E-state index >= 15 is 0 Å². The molecule has 0 fully saturated rings. The number of ether oxygens (including phenoxy) is 1. The van der Waals surface area contributed by atoms with Crippen LogP contribution in [0, 0.1) is 13.8 Å². The molecular formula is C24H20Cl2N2O. The predicted molar refractivity (Wildman–Crippen MR) is 118 cm³/mol. The van der Waals surface area contributed by atoms with Gasteiger partial charge < -0.3 is 4.74 Å². The van der Waals surface area contributed by atoms with E-state index < -0.39 is 0 Å². The topological polar surface area (TPSA) is 24.8 Å². The second-order valence-corrected chi connectivity index (χ2v) is 8.54. The van der Waals surface area contributed by atoms with Crippen molar-refractivity contribution < 1.29 is 4.74 Å². The smallest absolute Gasteiger partial charge is 0.214 e. The standard InChI is InChI=1S/C24H20Cl2N2O/c1-14-3-9-19(15(2)11-14)24-28-22(20-12-18(26)8-10-23(20)29-24)13-21(27-28)16-4-6-17(25)7-5-16/h3-12,22,24H,13H2,1-2H3/t22-,24-/m1/s1. The van der Waals surface area contributed by atoms with Crippen molar-refractivity contribution in [1.82, 2.24) is 5.01 Å². The third-order valence-corrected chi connectivity index (χ3v) is 6.11. The molecule has 0 N–H and O–H groups in total. The normalized spacial score (nSPS) is 20.0. The van der Waals surface area contributed by atoms with Gasteiger partial charge in [0.05, 0.1) is 11.8 Å². The van der Waals surface area contributed by atoms with E-state index in [-0.39, 0.29) is 12.3 Å². The van der Waals surface area contributed by atoms with Crippen LogP contribution in [0.25, 0.3) is 0 Å². The van der Waals surface area contributed by atoms with Gasteiger partial charge >= 0.3 is 0 Å². The Morgan fingerprint density at radius 3 is 2.41 bits per heavy atom. The van der Waals surface area contributed by atoms with E-state index in [1.54, 1.807) is 0 Å². The monoisotopic (exact) mass is 422 g/mol. The zero-order valence-electron chi connectivity index (χ0n) is 16.2. The summed E-state index contributed by atoms with van der Waals surface area (Å²) in [7, 11) is 0. The number of hydrogen-bond donors (Lipinski definition) is 0. The molecule has 2 aliphatic rings. The molecule has 2 heterocycles. The number of hydrazone groups is 1. The van der Waals surface area contributed by atoms with Crippen molar-refractivity contribution in [3.05, 3.63) is 98.5 Å². The van der Waals surface area contributed by atoms with Crippen molar-refractivity contribution in [2.45, 2.75) is 32.5 Å². The third-order valence-electron chi connectivity index (χ3n) is 5.62. The zero-order valence-corrected chi connectivity index (χ0v) is 17.7. The maximum Gasteiger partial charge on any atom is 0.214 e. The number of hydrogen-bond acceptors (Lipinski definition) is 3. The van der Waals surface area contributed by atoms with Gasteiger partial charge in [-0.05, 0) is 55.3 Å². The van der Waals surface area contributed by atoms with Gasteiger partial charge in [0.1, 0.15) is 5.75 Å². The van der Waals surface area contributed by atoms with Crippen molar-refractivity contribution in [2.75, 3.05) is 0 Å². The van der Waals surface area contributed by atoms with Crippen LogP contribution in [0.4, 0.5) is 0 Å². The van der Waals surface area contributed by atoms with E-state index in [4.69, 9.17) is 33.0 Å². The second-order valence-electron chi connectivity index (χ2n) is 7.67. The summed E-state index contributed by atoms with van der Waals surface area (Å²) in [6.45, 7) is 4.23. The van der Waals surface area contributed by atoms with Crippen molar-refractivity contribution in [2.24, 2.45) is 5.10 Å². The fraction of sp³-hybridized carbons (Fsp3) is 0.208. The molecule has 146 valence electrons. The highest BCUT2D eigenvalue weighted by molar-refractivity contribution is 6.31. The summed E-state index contributed by atoms with van der Waals surface area (Å²) in [6, 6.07) is 20.2. The summed E-state index contributed by atoms with van der Waals surface area (Å²) >= 11 is 12.4. The molecule has 2 aliphatic heterocycles. The summed E-state index contributed by atoms with van der Waals surface area (Å²) in [5, 5.41) is 8.51. The Morgan fingerprint density at radius 1 is 0.897 bits per heavy atom. The van der Waals surface area contributed by atoms with Crippen LogP contribution in [-0.4, -0.2) is 10.7 Å². The molecule has 0 spiro atoms. The van der Waals surface area contributed by atoms with E-state index in [1.165, 1.54) is 11.1 Å². The SMILES string of the molecule is Cc1ccc([C@H]2Oc3ccc(Cl)cc3[C@H]3CC(c4ccc(Cl)cc4)=NN32)c(C)c1. The Labute approximate surface area is 180 Å². The number of halogens is 2. The Balaban J connectivity index is 1.62. The van der Waals surface area contributed by atoms with Crippen LogP contribution in [0.1, 0.15) is 46.5 Å². The number of nitrogens with zero attached hydrogens (tertiary/aromatic N) is 2. The summed E-state index contributed by atoms with van der Waals surface area (Å²) < 4.78 is 6.45. The van der Waals surface area contributed by atoms with Crippen LogP contribution in [0.3, 0.4) is 0 Å². The first-order valence-electron chi connectivity index (χ1n) is 9.64.